The maximum absolute atomic E-state index is 12.5. The molecule has 0 spiro atoms. The van der Waals surface area contributed by atoms with E-state index >= 15 is 0 Å². The van der Waals surface area contributed by atoms with E-state index in [1.165, 1.54) is 19.1 Å². The van der Waals surface area contributed by atoms with Gasteiger partial charge in [0.05, 0.1) is 22.5 Å². The van der Waals surface area contributed by atoms with Crippen molar-refractivity contribution in [1.29, 1.82) is 0 Å². The van der Waals surface area contributed by atoms with Crippen LogP contribution < -0.4 is 9.46 Å². The molecule has 8 nitrogen and oxygen atoms in total. The molecule has 0 saturated carbocycles. The van der Waals surface area contributed by atoms with Crippen LogP contribution in [0.15, 0.2) is 47.4 Å². The summed E-state index contributed by atoms with van der Waals surface area (Å²) in [6, 6.07) is 10.7. The largest absolute Gasteiger partial charge is 0.497 e. The van der Waals surface area contributed by atoms with Gasteiger partial charge in [0, 0.05) is 25.1 Å². The van der Waals surface area contributed by atoms with Crippen molar-refractivity contribution in [3.63, 3.8) is 0 Å². The summed E-state index contributed by atoms with van der Waals surface area (Å²) in [4.78, 5) is 10.1. The Morgan fingerprint density at radius 2 is 1.85 bits per heavy atom. The monoisotopic (exact) mass is 394 g/mol. The summed E-state index contributed by atoms with van der Waals surface area (Å²) in [5, 5.41) is 21.4. The highest BCUT2D eigenvalue weighted by molar-refractivity contribution is 7.89. The van der Waals surface area contributed by atoms with Gasteiger partial charge in [-0.25, -0.2) is 13.1 Å². The van der Waals surface area contributed by atoms with E-state index in [2.05, 4.69) is 4.72 Å². The van der Waals surface area contributed by atoms with E-state index in [0.717, 1.165) is 11.6 Å². The molecule has 0 aromatic heterocycles. The fourth-order valence-corrected chi connectivity index (χ4v) is 3.99. The molecule has 0 fully saturated rings. The molecule has 1 unspecified atom stereocenters. The van der Waals surface area contributed by atoms with E-state index in [1.807, 2.05) is 0 Å². The van der Waals surface area contributed by atoms with Crippen molar-refractivity contribution >= 4 is 15.7 Å². The van der Waals surface area contributed by atoms with Gasteiger partial charge in [-0.1, -0.05) is 18.2 Å². The van der Waals surface area contributed by atoms with E-state index in [9.17, 15) is 23.6 Å². The molecule has 1 atom stereocenters. The third-order valence-corrected chi connectivity index (χ3v) is 5.60. The van der Waals surface area contributed by atoms with E-state index in [4.69, 9.17) is 4.74 Å². The molecule has 2 N–H and O–H groups in total. The van der Waals surface area contributed by atoms with E-state index in [1.54, 1.807) is 38.3 Å². The van der Waals surface area contributed by atoms with Crippen molar-refractivity contribution in [2.24, 2.45) is 0 Å². The zero-order valence-electron chi connectivity index (χ0n) is 15.3. The fourth-order valence-electron chi connectivity index (χ4n) is 2.57. The van der Waals surface area contributed by atoms with Gasteiger partial charge in [-0.15, -0.1) is 0 Å². The molecular formula is C18H22N2O6S. The molecule has 0 heterocycles. The summed E-state index contributed by atoms with van der Waals surface area (Å²) in [5.41, 5.74) is -0.476. The van der Waals surface area contributed by atoms with Crippen LogP contribution in [-0.4, -0.2) is 37.7 Å². The molecule has 0 aliphatic carbocycles. The van der Waals surface area contributed by atoms with Crippen LogP contribution in [0, 0.1) is 17.0 Å². The zero-order chi connectivity index (χ0) is 20.2. The van der Waals surface area contributed by atoms with Crippen molar-refractivity contribution in [2.45, 2.75) is 30.8 Å². The van der Waals surface area contributed by atoms with Crippen LogP contribution in [0.1, 0.15) is 18.1 Å². The first-order valence-corrected chi connectivity index (χ1v) is 9.62. The lowest BCUT2D eigenvalue weighted by molar-refractivity contribution is -0.385. The normalized spacial score (nSPS) is 13.8. The van der Waals surface area contributed by atoms with Crippen LogP contribution in [0.5, 0.6) is 5.75 Å². The quantitative estimate of drug-likeness (QED) is 0.523. The van der Waals surface area contributed by atoms with Gasteiger partial charge in [-0.3, -0.25) is 10.1 Å². The summed E-state index contributed by atoms with van der Waals surface area (Å²) in [6.07, 6.45) is 0.216. The Bertz CT molecular complexity index is 923. The maximum atomic E-state index is 12.5. The Kier molecular flexibility index (Phi) is 6.19. The molecule has 9 heteroatoms. The van der Waals surface area contributed by atoms with Gasteiger partial charge >= 0.3 is 0 Å². The number of aliphatic hydroxyl groups is 1. The van der Waals surface area contributed by atoms with Crippen LogP contribution in [-0.2, 0) is 16.4 Å². The van der Waals surface area contributed by atoms with Crippen LogP contribution in [0.4, 0.5) is 5.69 Å². The number of methoxy groups -OCH3 is 1. The number of non-ortho nitro benzene ring substituents is 1. The number of sulfonamides is 1. The number of hydrogen-bond acceptors (Lipinski definition) is 6. The van der Waals surface area contributed by atoms with Gasteiger partial charge < -0.3 is 9.84 Å². The van der Waals surface area contributed by atoms with Crippen LogP contribution in [0.2, 0.25) is 0 Å². The third-order valence-electron chi connectivity index (χ3n) is 4.06. The minimum absolute atomic E-state index is 0.183. The molecule has 0 amide bonds. The Labute approximate surface area is 158 Å². The van der Waals surface area contributed by atoms with Gasteiger partial charge in [-0.05, 0) is 37.1 Å². The topological polar surface area (TPSA) is 119 Å². The molecule has 0 aliphatic rings. The number of hydrogen-bond donors (Lipinski definition) is 2. The van der Waals surface area contributed by atoms with Gasteiger partial charge in [-0.2, -0.15) is 0 Å². The maximum Gasteiger partial charge on any atom is 0.270 e. The van der Waals surface area contributed by atoms with Gasteiger partial charge in [0.25, 0.3) is 5.69 Å². The average molecular weight is 394 g/mol. The number of nitro groups is 1. The summed E-state index contributed by atoms with van der Waals surface area (Å²) >= 11 is 0. The van der Waals surface area contributed by atoms with E-state index < -0.39 is 20.5 Å². The van der Waals surface area contributed by atoms with E-state index in [-0.39, 0.29) is 23.5 Å². The van der Waals surface area contributed by atoms with Crippen molar-refractivity contribution < 1.29 is 23.2 Å². The lowest BCUT2D eigenvalue weighted by Gasteiger charge is -2.24. The fraction of sp³-hybridized carbons (Fsp3) is 0.333. The molecule has 0 bridgehead atoms. The molecule has 0 aliphatic heterocycles. The SMILES string of the molecule is COc1ccc(CC(C)(O)CNS(=O)(=O)c2cc([N+](=O)[O-])ccc2C)cc1. The van der Waals surface area contributed by atoms with Crippen LogP contribution in [0.25, 0.3) is 0 Å². The summed E-state index contributed by atoms with van der Waals surface area (Å²) in [5.74, 6) is 0.681. The summed E-state index contributed by atoms with van der Waals surface area (Å²) in [7, 11) is -2.47. The van der Waals surface area contributed by atoms with Crippen LogP contribution in [0.3, 0.4) is 0 Å². The van der Waals surface area contributed by atoms with Gasteiger partial charge in [0.2, 0.25) is 10.0 Å². The third kappa shape index (κ3) is 5.49. The molecule has 27 heavy (non-hydrogen) atoms. The summed E-state index contributed by atoms with van der Waals surface area (Å²) < 4.78 is 32.5. The molecule has 2 rings (SSSR count). The molecule has 0 radical (unpaired) electrons. The first-order chi connectivity index (χ1) is 12.5. The number of rotatable bonds is 8. The second kappa shape index (κ2) is 8.03. The predicted molar refractivity (Wildman–Crippen MR) is 100 cm³/mol. The number of nitrogens with one attached hydrogen (secondary N) is 1. The molecule has 146 valence electrons. The second-order valence-corrected chi connectivity index (χ2v) is 8.29. The Hall–Kier alpha value is -2.49. The number of nitro benzene ring substituents is 1. The van der Waals surface area contributed by atoms with Crippen molar-refractivity contribution in [3.8, 4) is 5.75 Å². The van der Waals surface area contributed by atoms with Gasteiger partial charge in [0.1, 0.15) is 5.75 Å². The smallest absolute Gasteiger partial charge is 0.270 e. The number of benzene rings is 2. The highest BCUT2D eigenvalue weighted by atomic mass is 32.2. The molecule has 2 aromatic carbocycles. The van der Waals surface area contributed by atoms with Crippen LogP contribution >= 0.6 is 0 Å². The highest BCUT2D eigenvalue weighted by Crippen LogP contribution is 2.22. The lowest BCUT2D eigenvalue weighted by Crippen LogP contribution is -2.42. The number of nitrogens with zero attached hydrogens (tertiary/aromatic N) is 1. The Balaban J connectivity index is 2.13. The second-order valence-electron chi connectivity index (χ2n) is 6.55. The number of ether oxygens (including phenoxy) is 1. The molecular weight excluding hydrogens is 372 g/mol. The minimum atomic E-state index is -4.02. The average Bonchev–Trinajstić information content (AvgIpc) is 2.60. The number of aryl methyl sites for hydroxylation is 1. The first kappa shape index (κ1) is 20.8. The predicted octanol–water partition coefficient (Wildman–Crippen LogP) is 2.18. The van der Waals surface area contributed by atoms with Crippen molar-refractivity contribution in [1.82, 2.24) is 4.72 Å². The molecule has 2 aromatic rings. The Morgan fingerprint density at radius 1 is 1.22 bits per heavy atom. The first-order valence-electron chi connectivity index (χ1n) is 8.14. The van der Waals surface area contributed by atoms with Gasteiger partial charge in [0.15, 0.2) is 0 Å². The zero-order valence-corrected chi connectivity index (χ0v) is 16.1. The van der Waals surface area contributed by atoms with E-state index in [0.29, 0.717) is 11.3 Å². The standard InChI is InChI=1S/C18H22N2O6S/c1-13-4-7-15(20(22)23)10-17(13)27(24,25)19-12-18(2,21)11-14-5-8-16(26-3)9-6-14/h4-10,19,21H,11-12H2,1-3H3. The van der Waals surface area contributed by atoms with Crippen molar-refractivity contribution in [2.75, 3.05) is 13.7 Å². The minimum Gasteiger partial charge on any atom is -0.497 e. The lowest BCUT2D eigenvalue weighted by atomic mass is 9.97. The molecule has 0 saturated heterocycles. The summed E-state index contributed by atoms with van der Waals surface area (Å²) in [6.45, 7) is 2.82. The Morgan fingerprint density at radius 3 is 2.41 bits per heavy atom. The van der Waals surface area contributed by atoms with Crippen molar-refractivity contribution in [3.05, 3.63) is 63.7 Å². The highest BCUT2D eigenvalue weighted by Gasteiger charge is 2.26.